The van der Waals surface area contributed by atoms with Crippen LogP contribution in [0, 0.1) is 0 Å². The van der Waals surface area contributed by atoms with Crippen molar-refractivity contribution in [2.75, 3.05) is 13.2 Å². The van der Waals surface area contributed by atoms with Crippen molar-refractivity contribution in [2.24, 2.45) is 0 Å². The molecule has 0 heterocycles. The molecule has 3 nitrogen and oxygen atoms in total. The number of hydrogen-bond donors (Lipinski definition) is 0. The van der Waals surface area contributed by atoms with Crippen molar-refractivity contribution in [2.45, 2.75) is 6.92 Å². The minimum absolute atomic E-state index is 0.0372. The monoisotopic (exact) mass is 274 g/mol. The second-order valence-corrected chi connectivity index (χ2v) is 4.09. The summed E-state index contributed by atoms with van der Waals surface area (Å²) in [6.07, 6.45) is 0. The number of esters is 1. The third-order valence-corrected chi connectivity index (χ3v) is 2.25. The van der Waals surface area contributed by atoms with E-state index < -0.39 is 5.97 Å². The average Bonchev–Trinajstić information content (AvgIpc) is 2.25. The Kier molecular flexibility index (Phi) is 5.32. The average molecular weight is 275 g/mol. The van der Waals surface area contributed by atoms with Gasteiger partial charge in [-0.15, -0.1) is 0 Å². The molecule has 0 N–H and O–H groups in total. The van der Waals surface area contributed by atoms with Crippen LogP contribution in [0.3, 0.4) is 0 Å². The van der Waals surface area contributed by atoms with Gasteiger partial charge in [0.05, 0.1) is 12.2 Å². The summed E-state index contributed by atoms with van der Waals surface area (Å²) in [6, 6.07) is 4.80. The number of carbonyl (C=O) groups is 1. The predicted octanol–water partition coefficient (Wildman–Crippen LogP) is 3.49. The molecule has 0 bridgehead atoms. The molecule has 0 saturated heterocycles. The third kappa shape index (κ3) is 4.67. The molecule has 0 radical (unpaired) electrons. The Morgan fingerprint density at radius 3 is 2.41 bits per heavy atom. The minimum Gasteiger partial charge on any atom is -0.489 e. The first kappa shape index (κ1) is 13.9. The molecule has 92 valence electrons. The molecule has 0 fully saturated rings. The summed E-state index contributed by atoms with van der Waals surface area (Å²) in [5, 5.41) is 0.934. The van der Waals surface area contributed by atoms with Crippen LogP contribution >= 0.6 is 23.2 Å². The van der Waals surface area contributed by atoms with Gasteiger partial charge in [-0.25, -0.2) is 4.79 Å². The SMILES string of the molecule is C=C(COc1cc(Cl)cc(Cl)c1)C(=O)OCC. The molecule has 0 saturated carbocycles. The minimum atomic E-state index is -0.472. The van der Waals surface area contributed by atoms with Crippen LogP contribution in [0.4, 0.5) is 0 Å². The van der Waals surface area contributed by atoms with E-state index in [2.05, 4.69) is 6.58 Å². The summed E-state index contributed by atoms with van der Waals surface area (Å²) in [6.45, 7) is 5.64. The summed E-state index contributed by atoms with van der Waals surface area (Å²) in [4.78, 5) is 11.2. The van der Waals surface area contributed by atoms with Gasteiger partial charge in [-0.2, -0.15) is 0 Å². The van der Waals surface area contributed by atoms with Crippen LogP contribution in [0.2, 0.25) is 10.0 Å². The molecule has 0 aliphatic heterocycles. The fourth-order valence-corrected chi connectivity index (χ4v) is 1.58. The van der Waals surface area contributed by atoms with Crippen LogP contribution in [-0.2, 0) is 9.53 Å². The standard InChI is InChI=1S/C12H12Cl2O3/c1-3-16-12(15)8(2)7-17-11-5-9(13)4-10(14)6-11/h4-6H,2-3,7H2,1H3. The van der Waals surface area contributed by atoms with Gasteiger partial charge in [-0.3, -0.25) is 0 Å². The number of rotatable bonds is 5. The summed E-state index contributed by atoms with van der Waals surface area (Å²) in [5.74, 6) is 0.00794. The van der Waals surface area contributed by atoms with Gasteiger partial charge in [-0.1, -0.05) is 29.8 Å². The van der Waals surface area contributed by atoms with Crippen LogP contribution in [0.15, 0.2) is 30.4 Å². The van der Waals surface area contributed by atoms with Crippen LogP contribution in [-0.4, -0.2) is 19.2 Å². The molecule has 0 unspecified atom stereocenters. The van der Waals surface area contributed by atoms with Crippen molar-refractivity contribution < 1.29 is 14.3 Å². The smallest absolute Gasteiger partial charge is 0.336 e. The lowest BCUT2D eigenvalue weighted by Crippen LogP contribution is -2.13. The molecule has 0 aliphatic carbocycles. The van der Waals surface area contributed by atoms with Gasteiger partial charge < -0.3 is 9.47 Å². The maximum absolute atomic E-state index is 11.2. The molecule has 0 amide bonds. The lowest BCUT2D eigenvalue weighted by Gasteiger charge is -2.08. The van der Waals surface area contributed by atoms with E-state index in [1.54, 1.807) is 25.1 Å². The largest absolute Gasteiger partial charge is 0.489 e. The first-order valence-corrected chi connectivity index (χ1v) is 5.72. The van der Waals surface area contributed by atoms with Gasteiger partial charge in [0.1, 0.15) is 12.4 Å². The molecule has 1 aromatic carbocycles. The first-order chi connectivity index (χ1) is 8.02. The Bertz CT molecular complexity index is 410. The molecule has 0 aromatic heterocycles. The maximum atomic E-state index is 11.2. The quantitative estimate of drug-likeness (QED) is 0.609. The highest BCUT2D eigenvalue weighted by molar-refractivity contribution is 6.34. The van der Waals surface area contributed by atoms with Gasteiger partial charge >= 0.3 is 5.97 Å². The Morgan fingerprint density at radius 1 is 1.29 bits per heavy atom. The lowest BCUT2D eigenvalue weighted by molar-refractivity contribution is -0.138. The molecule has 0 aliphatic rings. The van der Waals surface area contributed by atoms with E-state index in [1.807, 2.05) is 0 Å². The normalized spacial score (nSPS) is 9.82. The summed E-state index contributed by atoms with van der Waals surface area (Å²) >= 11 is 11.6. The van der Waals surface area contributed by atoms with E-state index in [-0.39, 0.29) is 12.2 Å². The Balaban J connectivity index is 2.55. The lowest BCUT2D eigenvalue weighted by atomic mass is 10.3. The molecule has 0 spiro atoms. The van der Waals surface area contributed by atoms with Crippen molar-refractivity contribution in [3.05, 3.63) is 40.4 Å². The highest BCUT2D eigenvalue weighted by atomic mass is 35.5. The van der Waals surface area contributed by atoms with Gasteiger partial charge in [-0.05, 0) is 25.1 Å². The molecular formula is C12H12Cl2O3. The molecule has 1 aromatic rings. The molecule has 17 heavy (non-hydrogen) atoms. The van der Waals surface area contributed by atoms with Gasteiger partial charge in [0, 0.05) is 10.0 Å². The number of halogens is 2. The number of ether oxygens (including phenoxy) is 2. The van der Waals surface area contributed by atoms with E-state index in [4.69, 9.17) is 32.7 Å². The van der Waals surface area contributed by atoms with Crippen LogP contribution in [0.1, 0.15) is 6.92 Å². The van der Waals surface area contributed by atoms with E-state index >= 15 is 0 Å². The van der Waals surface area contributed by atoms with E-state index in [1.165, 1.54) is 0 Å². The summed E-state index contributed by atoms with van der Waals surface area (Å²) in [5.41, 5.74) is 0.239. The van der Waals surface area contributed by atoms with Crippen molar-refractivity contribution in [3.8, 4) is 5.75 Å². The Morgan fingerprint density at radius 2 is 1.88 bits per heavy atom. The summed E-state index contributed by atoms with van der Waals surface area (Å²) in [7, 11) is 0. The van der Waals surface area contributed by atoms with Crippen LogP contribution in [0.25, 0.3) is 0 Å². The van der Waals surface area contributed by atoms with Crippen LogP contribution < -0.4 is 4.74 Å². The second-order valence-electron chi connectivity index (χ2n) is 3.22. The third-order valence-electron chi connectivity index (χ3n) is 1.81. The highest BCUT2D eigenvalue weighted by Gasteiger charge is 2.08. The predicted molar refractivity (Wildman–Crippen MR) is 67.7 cm³/mol. The Labute approximate surface area is 110 Å². The zero-order valence-corrected chi connectivity index (χ0v) is 10.8. The number of benzene rings is 1. The fraction of sp³-hybridized carbons (Fsp3) is 0.250. The highest BCUT2D eigenvalue weighted by Crippen LogP contribution is 2.24. The van der Waals surface area contributed by atoms with Gasteiger partial charge in [0.25, 0.3) is 0 Å². The molecule has 5 heteroatoms. The first-order valence-electron chi connectivity index (χ1n) is 4.96. The van der Waals surface area contributed by atoms with Crippen LogP contribution in [0.5, 0.6) is 5.75 Å². The van der Waals surface area contributed by atoms with E-state index in [0.717, 1.165) is 0 Å². The Hall–Kier alpha value is -1.19. The zero-order valence-electron chi connectivity index (χ0n) is 9.33. The topological polar surface area (TPSA) is 35.5 Å². The van der Waals surface area contributed by atoms with Gasteiger partial charge in [0.15, 0.2) is 0 Å². The van der Waals surface area contributed by atoms with E-state index in [0.29, 0.717) is 22.4 Å². The molecular weight excluding hydrogens is 263 g/mol. The van der Waals surface area contributed by atoms with Crippen molar-refractivity contribution in [3.63, 3.8) is 0 Å². The fourth-order valence-electron chi connectivity index (χ4n) is 1.07. The number of hydrogen-bond acceptors (Lipinski definition) is 3. The molecule has 1 rings (SSSR count). The van der Waals surface area contributed by atoms with Crippen molar-refractivity contribution in [1.29, 1.82) is 0 Å². The van der Waals surface area contributed by atoms with Crippen molar-refractivity contribution >= 4 is 29.2 Å². The maximum Gasteiger partial charge on any atom is 0.336 e. The molecule has 0 atom stereocenters. The summed E-state index contributed by atoms with van der Waals surface area (Å²) < 4.78 is 10.1. The number of carbonyl (C=O) groups excluding carboxylic acids is 1. The zero-order chi connectivity index (χ0) is 12.8. The second kappa shape index (κ2) is 6.52. The van der Waals surface area contributed by atoms with E-state index in [9.17, 15) is 4.79 Å². The van der Waals surface area contributed by atoms with Gasteiger partial charge in [0.2, 0.25) is 0 Å². The van der Waals surface area contributed by atoms with Crippen molar-refractivity contribution in [1.82, 2.24) is 0 Å².